The minimum atomic E-state index is -1.18. The molecule has 106 valence electrons. The van der Waals surface area contributed by atoms with Crippen LogP contribution in [0.4, 0.5) is 4.39 Å². The molecule has 0 heterocycles. The first kappa shape index (κ1) is 14.6. The number of aryl methyl sites for hydroxylation is 1. The molecular weight excluding hydrogens is 271 g/mol. The van der Waals surface area contributed by atoms with Gasteiger partial charge >= 0.3 is 5.97 Å². The minimum Gasteiger partial charge on any atom is -0.508 e. The zero-order valence-electron chi connectivity index (χ0n) is 11.4. The highest BCUT2D eigenvalue weighted by atomic mass is 19.1. The molecule has 2 aromatic carbocycles. The monoisotopic (exact) mass is 284 g/mol. The summed E-state index contributed by atoms with van der Waals surface area (Å²) in [6.07, 6.45) is 0.693. The number of rotatable bonds is 2. The third-order valence-electron chi connectivity index (χ3n) is 3.02. The van der Waals surface area contributed by atoms with Crippen LogP contribution in [0, 0.1) is 17.7 Å². The van der Waals surface area contributed by atoms with Crippen molar-refractivity contribution in [3.8, 4) is 17.6 Å². The van der Waals surface area contributed by atoms with Crippen molar-refractivity contribution < 1.29 is 19.4 Å². The van der Waals surface area contributed by atoms with E-state index in [2.05, 4.69) is 11.8 Å². The summed E-state index contributed by atoms with van der Waals surface area (Å²) in [5, 5.41) is 18.2. The number of phenols is 1. The van der Waals surface area contributed by atoms with Gasteiger partial charge in [0.1, 0.15) is 11.6 Å². The van der Waals surface area contributed by atoms with Crippen molar-refractivity contribution in [2.75, 3.05) is 0 Å². The van der Waals surface area contributed by atoms with E-state index >= 15 is 0 Å². The summed E-state index contributed by atoms with van der Waals surface area (Å²) < 4.78 is 13.8. The van der Waals surface area contributed by atoms with E-state index in [0.29, 0.717) is 12.0 Å². The Bertz CT molecular complexity index is 754. The van der Waals surface area contributed by atoms with E-state index in [1.54, 1.807) is 12.1 Å². The van der Waals surface area contributed by atoms with Crippen molar-refractivity contribution in [1.29, 1.82) is 0 Å². The highest BCUT2D eigenvalue weighted by Gasteiger charge is 2.06. The van der Waals surface area contributed by atoms with Gasteiger partial charge in [-0.05, 0) is 48.4 Å². The first-order chi connectivity index (χ1) is 10.0. The average molecular weight is 284 g/mol. The zero-order chi connectivity index (χ0) is 15.4. The fourth-order valence-electron chi connectivity index (χ4n) is 1.88. The Hall–Kier alpha value is -2.80. The van der Waals surface area contributed by atoms with Gasteiger partial charge in [-0.25, -0.2) is 9.18 Å². The summed E-state index contributed by atoms with van der Waals surface area (Å²) in [6.45, 7) is 1.93. The summed E-state index contributed by atoms with van der Waals surface area (Å²) in [5.74, 6) is 3.85. The van der Waals surface area contributed by atoms with Gasteiger partial charge in [-0.15, -0.1) is 0 Å². The predicted octanol–water partition coefficient (Wildman–Crippen LogP) is 3.19. The van der Waals surface area contributed by atoms with Gasteiger partial charge < -0.3 is 10.2 Å². The molecule has 0 spiro atoms. The van der Waals surface area contributed by atoms with Crippen LogP contribution in [0.2, 0.25) is 0 Å². The normalized spacial score (nSPS) is 9.81. The smallest absolute Gasteiger partial charge is 0.335 e. The van der Waals surface area contributed by atoms with Crippen LogP contribution >= 0.6 is 0 Å². The van der Waals surface area contributed by atoms with E-state index in [-0.39, 0.29) is 16.9 Å². The summed E-state index contributed by atoms with van der Waals surface area (Å²) in [6, 6.07) is 8.42. The predicted molar refractivity (Wildman–Crippen MR) is 76.8 cm³/mol. The number of phenolic OH excluding ortho intramolecular Hbond substituents is 1. The Morgan fingerprint density at radius 3 is 2.43 bits per heavy atom. The Labute approximate surface area is 121 Å². The molecular formula is C17H13FO3. The van der Waals surface area contributed by atoms with Crippen LogP contribution in [0.15, 0.2) is 36.4 Å². The van der Waals surface area contributed by atoms with Gasteiger partial charge in [0.15, 0.2) is 0 Å². The highest BCUT2D eigenvalue weighted by Crippen LogP contribution is 2.17. The van der Waals surface area contributed by atoms with E-state index < -0.39 is 11.8 Å². The molecule has 3 nitrogen and oxygen atoms in total. The standard InChI is InChI=1S/C17H13FO3/c1-2-11-9-15(19)8-7-12(11)3-4-13-5-6-14(17(20)21)10-16(13)18/h5-10,19H,2H2,1H3,(H,20,21). The number of aromatic carboxylic acids is 1. The van der Waals surface area contributed by atoms with E-state index in [9.17, 15) is 14.3 Å². The second-order valence-electron chi connectivity index (χ2n) is 4.44. The Morgan fingerprint density at radius 2 is 1.81 bits per heavy atom. The minimum absolute atomic E-state index is 0.114. The van der Waals surface area contributed by atoms with Gasteiger partial charge in [0.05, 0.1) is 11.1 Å². The third-order valence-corrected chi connectivity index (χ3v) is 3.02. The fraction of sp³-hybridized carbons (Fsp3) is 0.118. The van der Waals surface area contributed by atoms with E-state index in [1.807, 2.05) is 6.92 Å². The Balaban J connectivity index is 2.37. The number of aromatic hydroxyl groups is 1. The van der Waals surface area contributed by atoms with E-state index in [0.717, 1.165) is 11.6 Å². The topological polar surface area (TPSA) is 57.5 Å². The van der Waals surface area contributed by atoms with Crippen molar-refractivity contribution in [2.45, 2.75) is 13.3 Å². The molecule has 0 amide bonds. The molecule has 0 aliphatic carbocycles. The van der Waals surface area contributed by atoms with Crippen molar-refractivity contribution in [2.24, 2.45) is 0 Å². The number of carboxylic acid groups (broad SMARTS) is 1. The van der Waals surface area contributed by atoms with Crippen LogP contribution in [-0.2, 0) is 6.42 Å². The molecule has 2 rings (SSSR count). The van der Waals surface area contributed by atoms with Crippen LogP contribution in [0.5, 0.6) is 5.75 Å². The van der Waals surface area contributed by atoms with Gasteiger partial charge in [-0.3, -0.25) is 0 Å². The number of carboxylic acids is 1. The number of hydrogen-bond donors (Lipinski definition) is 2. The van der Waals surface area contributed by atoms with Gasteiger partial charge in [-0.1, -0.05) is 18.8 Å². The largest absolute Gasteiger partial charge is 0.508 e. The van der Waals surface area contributed by atoms with Crippen molar-refractivity contribution >= 4 is 5.97 Å². The number of benzene rings is 2. The summed E-state index contributed by atoms with van der Waals surface area (Å²) in [5.41, 5.74) is 1.59. The summed E-state index contributed by atoms with van der Waals surface area (Å²) in [7, 11) is 0. The van der Waals surface area contributed by atoms with E-state index in [1.165, 1.54) is 18.2 Å². The first-order valence-corrected chi connectivity index (χ1v) is 6.38. The maximum atomic E-state index is 13.8. The average Bonchev–Trinajstić information content (AvgIpc) is 2.46. The second-order valence-corrected chi connectivity index (χ2v) is 4.44. The van der Waals surface area contributed by atoms with Crippen molar-refractivity contribution in [3.63, 3.8) is 0 Å². The second kappa shape index (κ2) is 6.10. The lowest BCUT2D eigenvalue weighted by molar-refractivity contribution is 0.0696. The maximum Gasteiger partial charge on any atom is 0.335 e. The van der Waals surface area contributed by atoms with Gasteiger partial charge in [0.25, 0.3) is 0 Å². The van der Waals surface area contributed by atoms with Crippen LogP contribution in [0.25, 0.3) is 0 Å². The summed E-state index contributed by atoms with van der Waals surface area (Å²) >= 11 is 0. The molecule has 2 N–H and O–H groups in total. The van der Waals surface area contributed by atoms with Gasteiger partial charge in [-0.2, -0.15) is 0 Å². The quantitative estimate of drug-likeness (QED) is 0.833. The Morgan fingerprint density at radius 1 is 1.14 bits per heavy atom. The molecule has 0 saturated carbocycles. The Kier molecular flexibility index (Phi) is 4.24. The molecule has 0 radical (unpaired) electrons. The molecule has 0 aliphatic heterocycles. The lowest BCUT2D eigenvalue weighted by Crippen LogP contribution is -1.97. The SMILES string of the molecule is CCc1cc(O)ccc1C#Cc1ccc(C(=O)O)cc1F. The summed E-state index contributed by atoms with van der Waals surface area (Å²) in [4.78, 5) is 10.7. The zero-order valence-corrected chi connectivity index (χ0v) is 11.4. The lowest BCUT2D eigenvalue weighted by atomic mass is 10.0. The van der Waals surface area contributed by atoms with E-state index in [4.69, 9.17) is 5.11 Å². The van der Waals surface area contributed by atoms with Crippen molar-refractivity contribution in [3.05, 3.63) is 64.5 Å². The molecule has 0 atom stereocenters. The van der Waals surface area contributed by atoms with Crippen LogP contribution in [0.3, 0.4) is 0 Å². The molecule has 0 fully saturated rings. The number of halogens is 1. The van der Waals surface area contributed by atoms with Gasteiger partial charge in [0.2, 0.25) is 0 Å². The third kappa shape index (κ3) is 3.40. The first-order valence-electron chi connectivity index (χ1n) is 6.38. The van der Waals surface area contributed by atoms with Gasteiger partial charge in [0, 0.05) is 5.56 Å². The molecule has 0 aliphatic rings. The number of carbonyl (C=O) groups is 1. The molecule has 0 saturated heterocycles. The molecule has 21 heavy (non-hydrogen) atoms. The van der Waals surface area contributed by atoms with Crippen molar-refractivity contribution in [1.82, 2.24) is 0 Å². The maximum absolute atomic E-state index is 13.8. The highest BCUT2D eigenvalue weighted by molar-refractivity contribution is 5.87. The molecule has 2 aromatic rings. The fourth-order valence-corrected chi connectivity index (χ4v) is 1.88. The molecule has 0 bridgehead atoms. The molecule has 4 heteroatoms. The molecule has 0 aromatic heterocycles. The van der Waals surface area contributed by atoms with Crippen LogP contribution in [0.1, 0.15) is 34.0 Å². The number of hydrogen-bond acceptors (Lipinski definition) is 2. The lowest BCUT2D eigenvalue weighted by Gasteiger charge is -2.02. The van der Waals surface area contributed by atoms with Crippen LogP contribution < -0.4 is 0 Å². The molecule has 0 unspecified atom stereocenters. The van der Waals surface area contributed by atoms with Crippen LogP contribution in [-0.4, -0.2) is 16.2 Å².